The third-order valence-electron chi connectivity index (χ3n) is 2.51. The summed E-state index contributed by atoms with van der Waals surface area (Å²) in [7, 11) is -0.680. The Morgan fingerprint density at radius 2 is 1.25 bits per heavy atom. The highest BCUT2D eigenvalue weighted by molar-refractivity contribution is 7.48. The van der Waals surface area contributed by atoms with E-state index in [1.54, 1.807) is 0 Å². The molecule has 0 aromatic carbocycles. The topological polar surface area (TPSA) is 18.5 Å². The normalized spacial score (nSPS) is 28.2. The fourth-order valence-electron chi connectivity index (χ4n) is 0.899. The molecule has 0 spiro atoms. The average Bonchev–Trinajstić information content (AvgIpc) is 2.03. The minimum Gasteiger partial charge on any atom is -0.325 e. The molecule has 0 aliphatic carbocycles. The zero-order valence-electron chi connectivity index (χ0n) is 8.84. The van der Waals surface area contributed by atoms with Crippen LogP contribution in [0.4, 0.5) is 0 Å². The number of hydrogen-bond donors (Lipinski definition) is 0. The van der Waals surface area contributed by atoms with Crippen molar-refractivity contribution in [2.75, 3.05) is 0 Å². The van der Waals surface area contributed by atoms with Crippen molar-refractivity contribution >= 4 is 8.38 Å². The van der Waals surface area contributed by atoms with Crippen LogP contribution in [-0.4, -0.2) is 16.9 Å². The van der Waals surface area contributed by atoms with Gasteiger partial charge in [0.15, 0.2) is 8.38 Å². The molecule has 3 heteroatoms. The second kappa shape index (κ2) is 2.94. The van der Waals surface area contributed by atoms with Crippen LogP contribution in [0, 0.1) is 0 Å². The zero-order valence-corrected chi connectivity index (χ0v) is 9.74. The molecule has 0 radical (unpaired) electrons. The summed E-state index contributed by atoms with van der Waals surface area (Å²) >= 11 is 0. The van der Waals surface area contributed by atoms with E-state index in [2.05, 4.69) is 41.5 Å². The fraction of sp³-hybridized carbons (Fsp3) is 1.00. The van der Waals surface area contributed by atoms with Crippen LogP contribution in [-0.2, 0) is 9.05 Å². The van der Waals surface area contributed by atoms with E-state index in [9.17, 15) is 0 Å². The van der Waals surface area contributed by atoms with Crippen LogP contribution in [0.1, 0.15) is 41.5 Å². The Morgan fingerprint density at radius 1 is 0.917 bits per heavy atom. The van der Waals surface area contributed by atoms with Crippen molar-refractivity contribution in [1.29, 1.82) is 0 Å². The minimum absolute atomic E-state index is 0.150. The highest BCUT2D eigenvalue weighted by atomic mass is 31.2. The maximum atomic E-state index is 5.87. The van der Waals surface area contributed by atoms with Gasteiger partial charge in [-0.15, -0.1) is 0 Å². The molecule has 0 bridgehead atoms. The quantitative estimate of drug-likeness (QED) is 0.590. The van der Waals surface area contributed by atoms with E-state index >= 15 is 0 Å². The molecule has 72 valence electrons. The molecule has 12 heavy (non-hydrogen) atoms. The summed E-state index contributed by atoms with van der Waals surface area (Å²) in [6.07, 6.45) is 0. The van der Waals surface area contributed by atoms with Gasteiger partial charge in [0.05, 0.1) is 11.2 Å². The molecule has 1 aliphatic rings. The highest BCUT2D eigenvalue weighted by Gasteiger charge is 2.50. The van der Waals surface area contributed by atoms with E-state index in [1.807, 2.05) is 0 Å². The first kappa shape index (κ1) is 10.4. The summed E-state index contributed by atoms with van der Waals surface area (Å²) in [5.41, 5.74) is 0.187. The van der Waals surface area contributed by atoms with E-state index in [-0.39, 0.29) is 11.2 Å². The van der Waals surface area contributed by atoms with Gasteiger partial charge < -0.3 is 9.05 Å². The average molecular weight is 190 g/mol. The fourth-order valence-corrected chi connectivity index (χ4v) is 2.70. The van der Waals surface area contributed by atoms with Crippen LogP contribution in [0.15, 0.2) is 0 Å². The van der Waals surface area contributed by atoms with Crippen LogP contribution >= 0.6 is 8.38 Å². The van der Waals surface area contributed by atoms with Crippen LogP contribution in [0.3, 0.4) is 0 Å². The summed E-state index contributed by atoms with van der Waals surface area (Å²) in [5.74, 6) is 0. The second-order valence-electron chi connectivity index (χ2n) is 4.58. The summed E-state index contributed by atoms with van der Waals surface area (Å²) < 4.78 is 11.7. The van der Waals surface area contributed by atoms with Crippen molar-refractivity contribution in [2.24, 2.45) is 0 Å². The van der Waals surface area contributed by atoms with Gasteiger partial charge in [0, 0.05) is 5.66 Å². The van der Waals surface area contributed by atoms with Crippen molar-refractivity contribution < 1.29 is 9.05 Å². The van der Waals surface area contributed by atoms with Crippen molar-refractivity contribution in [3.63, 3.8) is 0 Å². The third kappa shape index (κ3) is 1.66. The van der Waals surface area contributed by atoms with Gasteiger partial charge in [0.25, 0.3) is 0 Å². The van der Waals surface area contributed by atoms with Crippen LogP contribution < -0.4 is 0 Å². The lowest BCUT2D eigenvalue weighted by Crippen LogP contribution is -2.41. The smallest absolute Gasteiger partial charge is 0.174 e. The lowest BCUT2D eigenvalue weighted by atomic mass is 9.90. The van der Waals surface area contributed by atoms with Crippen LogP contribution in [0.2, 0.25) is 0 Å². The molecule has 0 aromatic heterocycles. The molecule has 2 nitrogen and oxygen atoms in total. The first-order valence-electron chi connectivity index (χ1n) is 4.44. The van der Waals surface area contributed by atoms with E-state index in [4.69, 9.17) is 9.05 Å². The molecule has 0 amide bonds. The van der Waals surface area contributed by atoms with Gasteiger partial charge in [0.2, 0.25) is 0 Å². The van der Waals surface area contributed by atoms with E-state index < -0.39 is 8.38 Å². The molecule has 0 unspecified atom stereocenters. The Hall–Kier alpha value is 0.350. The van der Waals surface area contributed by atoms with Crippen LogP contribution in [0.25, 0.3) is 0 Å². The predicted octanol–water partition coefficient (Wildman–Crippen LogP) is 3.31. The van der Waals surface area contributed by atoms with E-state index in [1.165, 1.54) is 0 Å². The van der Waals surface area contributed by atoms with Gasteiger partial charge in [-0.1, -0.05) is 13.8 Å². The molecule has 1 fully saturated rings. The molecule has 0 atom stereocenters. The standard InChI is InChI=1S/C9H19O2P/c1-7(2)12-10-8(3,4)9(5,6)11-12/h7H,1-6H3. The largest absolute Gasteiger partial charge is 0.325 e. The molecule has 0 N–H and O–H groups in total. The van der Waals surface area contributed by atoms with Crippen molar-refractivity contribution in [3.05, 3.63) is 0 Å². The number of rotatable bonds is 1. The summed E-state index contributed by atoms with van der Waals surface area (Å²) in [6, 6.07) is 0. The van der Waals surface area contributed by atoms with Crippen molar-refractivity contribution in [3.8, 4) is 0 Å². The van der Waals surface area contributed by atoms with Gasteiger partial charge in [-0.25, -0.2) is 0 Å². The molecular formula is C9H19O2P. The Morgan fingerprint density at radius 3 is 1.42 bits per heavy atom. The molecule has 1 aliphatic heterocycles. The maximum Gasteiger partial charge on any atom is 0.174 e. The Bertz CT molecular complexity index is 159. The first-order chi connectivity index (χ1) is 5.26. The van der Waals surface area contributed by atoms with Gasteiger partial charge in [-0.2, -0.15) is 0 Å². The highest BCUT2D eigenvalue weighted by Crippen LogP contribution is 2.60. The SMILES string of the molecule is CC(C)P1OC(C)(C)C(C)(C)O1. The third-order valence-corrected chi connectivity index (χ3v) is 4.62. The predicted molar refractivity (Wildman–Crippen MR) is 52.4 cm³/mol. The number of hydrogen-bond acceptors (Lipinski definition) is 2. The monoisotopic (exact) mass is 190 g/mol. The first-order valence-corrected chi connectivity index (χ1v) is 5.68. The molecule has 1 rings (SSSR count). The molecule has 1 saturated heterocycles. The Balaban J connectivity index is 2.74. The van der Waals surface area contributed by atoms with E-state index in [0.29, 0.717) is 5.66 Å². The lowest BCUT2D eigenvalue weighted by molar-refractivity contribution is 0.00578. The zero-order chi connectivity index (χ0) is 9.57. The van der Waals surface area contributed by atoms with Crippen molar-refractivity contribution in [2.45, 2.75) is 58.4 Å². The molecular weight excluding hydrogens is 171 g/mol. The molecule has 0 saturated carbocycles. The summed E-state index contributed by atoms with van der Waals surface area (Å²) in [5, 5.41) is 0. The van der Waals surface area contributed by atoms with Gasteiger partial charge in [0.1, 0.15) is 0 Å². The van der Waals surface area contributed by atoms with Gasteiger partial charge in [-0.05, 0) is 27.7 Å². The van der Waals surface area contributed by atoms with Crippen LogP contribution in [0.5, 0.6) is 0 Å². The summed E-state index contributed by atoms with van der Waals surface area (Å²) in [4.78, 5) is 0. The maximum absolute atomic E-state index is 5.87. The molecule has 1 heterocycles. The van der Waals surface area contributed by atoms with Gasteiger partial charge in [-0.3, -0.25) is 0 Å². The Labute approximate surface area is 76.6 Å². The minimum atomic E-state index is -0.680. The van der Waals surface area contributed by atoms with E-state index in [0.717, 1.165) is 0 Å². The Kier molecular flexibility index (Phi) is 2.55. The summed E-state index contributed by atoms with van der Waals surface area (Å²) in [6.45, 7) is 12.7. The lowest BCUT2D eigenvalue weighted by Gasteiger charge is -2.29. The molecule has 0 aromatic rings. The second-order valence-corrected chi connectivity index (χ2v) is 6.55. The van der Waals surface area contributed by atoms with Crippen molar-refractivity contribution in [1.82, 2.24) is 0 Å². The van der Waals surface area contributed by atoms with Gasteiger partial charge >= 0.3 is 0 Å².